The molecule has 0 spiro atoms. The lowest BCUT2D eigenvalue weighted by molar-refractivity contribution is -0.870. The summed E-state index contributed by atoms with van der Waals surface area (Å²) in [4.78, 5) is 37.5. The molecule has 9 nitrogen and oxygen atoms in total. The van der Waals surface area contributed by atoms with Gasteiger partial charge in [-0.25, -0.2) is 0 Å². The molecule has 0 aliphatic carbocycles. The van der Waals surface area contributed by atoms with Gasteiger partial charge in [0.1, 0.15) is 19.8 Å². The van der Waals surface area contributed by atoms with Crippen molar-refractivity contribution in [3.05, 3.63) is 36.5 Å². The largest absolute Gasteiger partial charge is 0.756 e. The highest BCUT2D eigenvalue weighted by atomic mass is 31.2. The molecule has 0 aromatic heterocycles. The van der Waals surface area contributed by atoms with Crippen LogP contribution in [0.1, 0.15) is 187 Å². The zero-order chi connectivity index (χ0) is 40.7. The van der Waals surface area contributed by atoms with Crippen molar-refractivity contribution in [2.24, 2.45) is 0 Å². The maximum atomic E-state index is 12.7. The molecule has 322 valence electrons. The number of likely N-dealkylation sites (N-methyl/N-ethyl adjacent to an activating group) is 1. The van der Waals surface area contributed by atoms with Crippen LogP contribution >= 0.6 is 7.82 Å². The number of esters is 2. The number of unbranched alkanes of at least 4 members (excludes halogenated alkanes) is 20. The van der Waals surface area contributed by atoms with Gasteiger partial charge in [0.15, 0.2) is 6.10 Å². The van der Waals surface area contributed by atoms with E-state index in [0.717, 1.165) is 70.6 Å². The second kappa shape index (κ2) is 37.8. The predicted molar refractivity (Wildman–Crippen MR) is 227 cm³/mol. The summed E-state index contributed by atoms with van der Waals surface area (Å²) in [6.07, 6.45) is 41.6. The molecule has 0 fully saturated rings. The summed E-state index contributed by atoms with van der Waals surface area (Å²) in [6, 6.07) is 0. The van der Waals surface area contributed by atoms with Crippen molar-refractivity contribution >= 4 is 19.8 Å². The van der Waals surface area contributed by atoms with Crippen LogP contribution in [0.25, 0.3) is 0 Å². The summed E-state index contributed by atoms with van der Waals surface area (Å²) in [5.41, 5.74) is 0. The van der Waals surface area contributed by atoms with Crippen LogP contribution in [0.2, 0.25) is 0 Å². The van der Waals surface area contributed by atoms with Crippen LogP contribution in [0.3, 0.4) is 0 Å². The smallest absolute Gasteiger partial charge is 0.306 e. The number of quaternary nitrogens is 1. The van der Waals surface area contributed by atoms with E-state index in [9.17, 15) is 19.0 Å². The third kappa shape index (κ3) is 41.7. The van der Waals surface area contributed by atoms with Crippen LogP contribution in [0.5, 0.6) is 0 Å². The molecule has 0 heterocycles. The van der Waals surface area contributed by atoms with Gasteiger partial charge < -0.3 is 27.9 Å². The van der Waals surface area contributed by atoms with Gasteiger partial charge in [-0.2, -0.15) is 0 Å². The molecule has 2 unspecified atom stereocenters. The SMILES string of the molecule is CCCCCC/C=C\C/C=C\CCCCCCCCCC(=O)OC(COC(=O)CCCCCCC/C=C\CCCCCC)COP(=O)([O-])OCC[N+](C)(C)C. The summed E-state index contributed by atoms with van der Waals surface area (Å²) in [7, 11) is 1.15. The minimum absolute atomic E-state index is 0.0340. The molecule has 0 saturated heterocycles. The first-order valence-electron chi connectivity index (χ1n) is 22.2. The summed E-state index contributed by atoms with van der Waals surface area (Å²) in [5.74, 6) is -0.853. The number of allylic oxidation sites excluding steroid dienone is 6. The average Bonchev–Trinajstić information content (AvgIpc) is 3.13. The first-order valence-corrected chi connectivity index (χ1v) is 23.7. The van der Waals surface area contributed by atoms with Gasteiger partial charge in [0.2, 0.25) is 0 Å². The maximum Gasteiger partial charge on any atom is 0.306 e. The Morgan fingerprint density at radius 1 is 0.564 bits per heavy atom. The van der Waals surface area contributed by atoms with Gasteiger partial charge in [-0.05, 0) is 70.6 Å². The third-order valence-corrected chi connectivity index (χ3v) is 10.3. The number of nitrogens with zero attached hydrogens (tertiary/aromatic N) is 1. The Balaban J connectivity index is 4.37. The molecule has 10 heteroatoms. The quantitative estimate of drug-likeness (QED) is 0.0198. The number of carbonyl (C=O) groups excluding carboxylic acids is 2. The zero-order valence-corrected chi connectivity index (χ0v) is 37.0. The molecule has 0 rings (SSSR count). The summed E-state index contributed by atoms with van der Waals surface area (Å²) in [5, 5.41) is 0. The molecule has 0 saturated carbocycles. The van der Waals surface area contributed by atoms with E-state index in [1.807, 2.05) is 21.1 Å². The minimum atomic E-state index is -4.63. The topological polar surface area (TPSA) is 111 Å². The fourth-order valence-corrected chi connectivity index (χ4v) is 6.58. The maximum absolute atomic E-state index is 12.7. The average molecular weight is 798 g/mol. The van der Waals surface area contributed by atoms with Gasteiger partial charge in [-0.1, -0.05) is 140 Å². The second-order valence-corrected chi connectivity index (χ2v) is 17.5. The van der Waals surface area contributed by atoms with E-state index in [-0.39, 0.29) is 26.1 Å². The van der Waals surface area contributed by atoms with E-state index in [1.165, 1.54) is 83.5 Å². The standard InChI is InChI=1S/C45H84NO8P/c1-6-8-10-12-14-16-18-20-21-22-23-24-26-28-30-32-34-36-38-45(48)54-43(42-53-55(49,50)52-40-39-46(3,4)5)41-51-44(47)37-35-33-31-29-27-25-19-17-15-13-11-9-7-2/h16-19,21-22,43H,6-15,20,23-42H2,1-5H3/b18-16-,19-17-,22-21-. The van der Waals surface area contributed by atoms with Crippen LogP contribution < -0.4 is 4.89 Å². The Morgan fingerprint density at radius 2 is 0.982 bits per heavy atom. The Bertz CT molecular complexity index is 1040. The molecular formula is C45H84NO8P. The van der Waals surface area contributed by atoms with Crippen LogP contribution in [0.4, 0.5) is 0 Å². The molecule has 0 N–H and O–H groups in total. The van der Waals surface area contributed by atoms with Crippen molar-refractivity contribution in [2.45, 2.75) is 193 Å². The summed E-state index contributed by atoms with van der Waals surface area (Å²) in [6.45, 7) is 4.18. The van der Waals surface area contributed by atoms with Gasteiger partial charge in [0, 0.05) is 12.8 Å². The van der Waals surface area contributed by atoms with E-state index < -0.39 is 32.5 Å². The van der Waals surface area contributed by atoms with Crippen molar-refractivity contribution in [1.82, 2.24) is 0 Å². The number of phosphoric ester groups is 1. The van der Waals surface area contributed by atoms with E-state index in [1.54, 1.807) is 0 Å². The van der Waals surface area contributed by atoms with Gasteiger partial charge in [0.05, 0.1) is 27.7 Å². The zero-order valence-electron chi connectivity index (χ0n) is 36.1. The predicted octanol–water partition coefficient (Wildman–Crippen LogP) is 11.9. The van der Waals surface area contributed by atoms with Crippen molar-refractivity contribution in [3.8, 4) is 0 Å². The fourth-order valence-electron chi connectivity index (χ4n) is 5.85. The molecule has 0 aliphatic rings. The Morgan fingerprint density at radius 3 is 1.45 bits per heavy atom. The number of rotatable bonds is 40. The minimum Gasteiger partial charge on any atom is -0.756 e. The molecule has 0 radical (unpaired) electrons. The monoisotopic (exact) mass is 798 g/mol. The first-order chi connectivity index (χ1) is 26.5. The fraction of sp³-hybridized carbons (Fsp3) is 0.822. The second-order valence-electron chi connectivity index (χ2n) is 16.1. The van der Waals surface area contributed by atoms with Crippen molar-refractivity contribution in [2.75, 3.05) is 47.5 Å². The Hall–Kier alpha value is -1.77. The number of carbonyl (C=O) groups is 2. The molecule has 0 aromatic carbocycles. The summed E-state index contributed by atoms with van der Waals surface area (Å²) >= 11 is 0. The van der Waals surface area contributed by atoms with E-state index in [2.05, 4.69) is 50.3 Å². The Labute approximate surface area is 338 Å². The lowest BCUT2D eigenvalue weighted by Gasteiger charge is -2.28. The number of hydrogen-bond donors (Lipinski definition) is 0. The third-order valence-electron chi connectivity index (χ3n) is 9.38. The number of hydrogen-bond acceptors (Lipinski definition) is 8. The Kier molecular flexibility index (Phi) is 36.6. The molecule has 55 heavy (non-hydrogen) atoms. The highest BCUT2D eigenvalue weighted by Crippen LogP contribution is 2.38. The number of phosphoric acid groups is 1. The van der Waals surface area contributed by atoms with Gasteiger partial charge in [0.25, 0.3) is 7.82 Å². The van der Waals surface area contributed by atoms with Crippen molar-refractivity contribution in [3.63, 3.8) is 0 Å². The van der Waals surface area contributed by atoms with Gasteiger partial charge in [-0.3, -0.25) is 14.2 Å². The highest BCUT2D eigenvalue weighted by Gasteiger charge is 2.21. The van der Waals surface area contributed by atoms with Crippen molar-refractivity contribution < 1.29 is 42.1 Å². The number of ether oxygens (including phenoxy) is 2. The van der Waals surface area contributed by atoms with Crippen molar-refractivity contribution in [1.29, 1.82) is 0 Å². The first kappa shape index (κ1) is 53.2. The van der Waals surface area contributed by atoms with Crippen LogP contribution in [-0.4, -0.2) is 70.0 Å². The molecule has 0 aliphatic heterocycles. The molecule has 2 atom stereocenters. The van der Waals surface area contributed by atoms with Crippen LogP contribution in [0.15, 0.2) is 36.5 Å². The molecular weight excluding hydrogens is 713 g/mol. The normalized spacial score (nSPS) is 13.9. The summed E-state index contributed by atoms with van der Waals surface area (Å²) < 4.78 is 33.9. The van der Waals surface area contributed by atoms with Gasteiger partial charge >= 0.3 is 11.9 Å². The lowest BCUT2D eigenvalue weighted by atomic mass is 10.1. The van der Waals surface area contributed by atoms with Gasteiger partial charge in [-0.15, -0.1) is 0 Å². The highest BCUT2D eigenvalue weighted by molar-refractivity contribution is 7.45. The van der Waals surface area contributed by atoms with E-state index in [4.69, 9.17) is 18.5 Å². The molecule has 0 bridgehead atoms. The molecule has 0 aromatic rings. The lowest BCUT2D eigenvalue weighted by Crippen LogP contribution is -2.37. The van der Waals surface area contributed by atoms with E-state index >= 15 is 0 Å². The molecule has 0 amide bonds. The van der Waals surface area contributed by atoms with Crippen LogP contribution in [-0.2, 0) is 32.7 Å². The van der Waals surface area contributed by atoms with E-state index in [0.29, 0.717) is 17.4 Å². The van der Waals surface area contributed by atoms with Crippen LogP contribution in [0, 0.1) is 0 Å².